The van der Waals surface area contributed by atoms with Gasteiger partial charge >= 0.3 is 0 Å². The molecule has 0 atom stereocenters. The molecule has 0 spiro atoms. The molecule has 1 aromatic heterocycles. The van der Waals surface area contributed by atoms with Crippen LogP contribution in [-0.2, 0) is 6.42 Å². The summed E-state index contributed by atoms with van der Waals surface area (Å²) in [6.45, 7) is 2.84. The average Bonchev–Trinajstić information content (AvgIpc) is 3.01. The SMILES string of the molecule is Cc1cc(Nc2ccc(Cl)cc2Cl)nc(N2CCc3ccccc32)n1. The molecule has 0 bridgehead atoms. The maximum atomic E-state index is 6.25. The van der Waals surface area contributed by atoms with Crippen LogP contribution in [0.15, 0.2) is 48.5 Å². The zero-order chi connectivity index (χ0) is 17.4. The summed E-state index contributed by atoms with van der Waals surface area (Å²) in [6.07, 6.45) is 0.999. The maximum absolute atomic E-state index is 6.25. The van der Waals surface area contributed by atoms with Gasteiger partial charge in [0.25, 0.3) is 0 Å². The van der Waals surface area contributed by atoms with Crippen LogP contribution in [0.2, 0.25) is 10.0 Å². The van der Waals surface area contributed by atoms with E-state index in [1.165, 1.54) is 11.3 Å². The van der Waals surface area contributed by atoms with Gasteiger partial charge in [-0.15, -0.1) is 0 Å². The third-order valence-corrected chi connectivity index (χ3v) is 4.71. The second-order valence-corrected chi connectivity index (χ2v) is 6.82. The molecule has 0 aliphatic carbocycles. The van der Waals surface area contributed by atoms with E-state index in [1.807, 2.05) is 25.1 Å². The number of benzene rings is 2. The lowest BCUT2D eigenvalue weighted by Crippen LogP contribution is -2.17. The Morgan fingerprint density at radius 2 is 1.88 bits per heavy atom. The number of rotatable bonds is 3. The molecule has 0 amide bonds. The number of aromatic nitrogens is 2. The summed E-state index contributed by atoms with van der Waals surface area (Å²) in [7, 11) is 0. The molecule has 2 heterocycles. The zero-order valence-corrected chi connectivity index (χ0v) is 15.1. The van der Waals surface area contributed by atoms with Crippen LogP contribution >= 0.6 is 23.2 Å². The number of nitrogens with one attached hydrogen (secondary N) is 1. The fourth-order valence-electron chi connectivity index (χ4n) is 3.01. The Morgan fingerprint density at radius 1 is 1.04 bits per heavy atom. The minimum absolute atomic E-state index is 0.553. The van der Waals surface area contributed by atoms with E-state index in [0.717, 1.165) is 24.3 Å². The van der Waals surface area contributed by atoms with Gasteiger partial charge in [-0.05, 0) is 43.2 Å². The maximum Gasteiger partial charge on any atom is 0.232 e. The smallest absolute Gasteiger partial charge is 0.232 e. The molecule has 0 unspecified atom stereocenters. The first kappa shape index (κ1) is 16.2. The minimum Gasteiger partial charge on any atom is -0.339 e. The number of halogens is 2. The number of para-hydroxylation sites is 1. The van der Waals surface area contributed by atoms with Gasteiger partial charge in [0.2, 0.25) is 5.95 Å². The summed E-state index contributed by atoms with van der Waals surface area (Å²) in [5.74, 6) is 1.40. The van der Waals surface area contributed by atoms with Gasteiger partial charge < -0.3 is 10.2 Å². The van der Waals surface area contributed by atoms with E-state index < -0.39 is 0 Å². The Bertz CT molecular complexity index is 942. The van der Waals surface area contributed by atoms with Crippen molar-refractivity contribution < 1.29 is 0 Å². The highest BCUT2D eigenvalue weighted by Crippen LogP contribution is 2.34. The highest BCUT2D eigenvalue weighted by atomic mass is 35.5. The molecule has 1 aliphatic heterocycles. The summed E-state index contributed by atoms with van der Waals surface area (Å²) in [6, 6.07) is 15.6. The molecule has 126 valence electrons. The van der Waals surface area contributed by atoms with Crippen LogP contribution in [0.25, 0.3) is 0 Å². The van der Waals surface area contributed by atoms with Crippen molar-refractivity contribution in [2.45, 2.75) is 13.3 Å². The second kappa shape index (κ2) is 6.54. The van der Waals surface area contributed by atoms with Gasteiger partial charge in [0.05, 0.1) is 10.7 Å². The van der Waals surface area contributed by atoms with Crippen LogP contribution in [-0.4, -0.2) is 16.5 Å². The van der Waals surface area contributed by atoms with E-state index in [0.29, 0.717) is 21.8 Å². The van der Waals surface area contributed by atoms with Crippen molar-refractivity contribution in [3.63, 3.8) is 0 Å². The molecule has 6 heteroatoms. The van der Waals surface area contributed by atoms with Gasteiger partial charge in [-0.2, -0.15) is 4.98 Å². The Hall–Kier alpha value is -2.30. The van der Waals surface area contributed by atoms with Crippen LogP contribution in [0.3, 0.4) is 0 Å². The lowest BCUT2D eigenvalue weighted by atomic mass is 10.2. The molecule has 0 radical (unpaired) electrons. The van der Waals surface area contributed by atoms with Crippen molar-refractivity contribution in [3.05, 3.63) is 69.8 Å². The van der Waals surface area contributed by atoms with E-state index in [9.17, 15) is 0 Å². The summed E-state index contributed by atoms with van der Waals surface area (Å²) in [5, 5.41) is 4.41. The molecular weight excluding hydrogens is 355 g/mol. The van der Waals surface area contributed by atoms with Crippen LogP contribution < -0.4 is 10.2 Å². The van der Waals surface area contributed by atoms with E-state index in [-0.39, 0.29) is 0 Å². The van der Waals surface area contributed by atoms with Crippen molar-refractivity contribution in [1.82, 2.24) is 9.97 Å². The molecule has 0 fully saturated rings. The van der Waals surface area contributed by atoms with E-state index in [2.05, 4.69) is 38.4 Å². The van der Waals surface area contributed by atoms with Gasteiger partial charge in [0.1, 0.15) is 5.82 Å². The van der Waals surface area contributed by atoms with Gasteiger partial charge in [0.15, 0.2) is 0 Å². The lowest BCUT2D eigenvalue weighted by Gasteiger charge is -2.19. The van der Waals surface area contributed by atoms with Gasteiger partial charge in [-0.1, -0.05) is 41.4 Å². The topological polar surface area (TPSA) is 41.1 Å². The molecule has 0 saturated heterocycles. The molecule has 2 aromatic carbocycles. The van der Waals surface area contributed by atoms with Crippen molar-refractivity contribution >= 4 is 46.3 Å². The fourth-order valence-corrected chi connectivity index (χ4v) is 3.47. The largest absolute Gasteiger partial charge is 0.339 e. The van der Waals surface area contributed by atoms with E-state index >= 15 is 0 Å². The van der Waals surface area contributed by atoms with Crippen LogP contribution in [0, 0.1) is 6.92 Å². The molecule has 1 N–H and O–H groups in total. The predicted molar refractivity (Wildman–Crippen MR) is 104 cm³/mol. The Kier molecular flexibility index (Phi) is 4.24. The van der Waals surface area contributed by atoms with Crippen molar-refractivity contribution in [3.8, 4) is 0 Å². The van der Waals surface area contributed by atoms with Crippen LogP contribution in [0.1, 0.15) is 11.3 Å². The second-order valence-electron chi connectivity index (χ2n) is 5.97. The molecule has 3 aromatic rings. The van der Waals surface area contributed by atoms with Gasteiger partial charge in [-0.3, -0.25) is 0 Å². The number of fused-ring (bicyclic) bond motifs is 1. The molecule has 4 rings (SSSR count). The monoisotopic (exact) mass is 370 g/mol. The van der Waals surface area contributed by atoms with Crippen molar-refractivity contribution in [1.29, 1.82) is 0 Å². The number of aryl methyl sites for hydroxylation is 1. The molecule has 25 heavy (non-hydrogen) atoms. The number of hydrogen-bond donors (Lipinski definition) is 1. The standard InChI is InChI=1S/C19H16Cl2N4/c1-12-10-18(23-16-7-6-14(20)11-15(16)21)24-19(22-12)25-9-8-13-4-2-3-5-17(13)25/h2-7,10-11H,8-9H2,1H3,(H,22,23,24). The molecule has 1 aliphatic rings. The summed E-state index contributed by atoms with van der Waals surface area (Å²) in [4.78, 5) is 11.4. The minimum atomic E-state index is 0.553. The summed E-state index contributed by atoms with van der Waals surface area (Å²) < 4.78 is 0. The first-order valence-corrected chi connectivity index (χ1v) is 8.79. The Labute approximate surface area is 156 Å². The quantitative estimate of drug-likeness (QED) is 0.657. The van der Waals surface area contributed by atoms with Gasteiger partial charge in [-0.25, -0.2) is 4.98 Å². The van der Waals surface area contributed by atoms with Gasteiger partial charge in [0, 0.05) is 29.0 Å². The Balaban J connectivity index is 1.68. The van der Waals surface area contributed by atoms with E-state index in [4.69, 9.17) is 23.2 Å². The number of hydrogen-bond acceptors (Lipinski definition) is 4. The highest BCUT2D eigenvalue weighted by Gasteiger charge is 2.22. The first-order valence-electron chi connectivity index (χ1n) is 8.03. The normalized spacial score (nSPS) is 13.0. The fraction of sp³-hybridized carbons (Fsp3) is 0.158. The van der Waals surface area contributed by atoms with Crippen molar-refractivity contribution in [2.75, 3.05) is 16.8 Å². The van der Waals surface area contributed by atoms with Crippen LogP contribution in [0.5, 0.6) is 0 Å². The summed E-state index contributed by atoms with van der Waals surface area (Å²) in [5.41, 5.74) is 4.14. The third kappa shape index (κ3) is 3.28. The first-order chi connectivity index (χ1) is 12.1. The molecular formula is C19H16Cl2N4. The van der Waals surface area contributed by atoms with E-state index in [1.54, 1.807) is 12.1 Å². The predicted octanol–water partition coefficient (Wildman–Crippen LogP) is 5.53. The zero-order valence-electron chi connectivity index (χ0n) is 13.6. The summed E-state index contributed by atoms with van der Waals surface area (Å²) >= 11 is 12.2. The van der Waals surface area contributed by atoms with Crippen LogP contribution in [0.4, 0.5) is 23.1 Å². The molecule has 0 saturated carbocycles. The Morgan fingerprint density at radius 3 is 2.72 bits per heavy atom. The number of nitrogens with zero attached hydrogens (tertiary/aromatic N) is 3. The highest BCUT2D eigenvalue weighted by molar-refractivity contribution is 6.36. The average molecular weight is 371 g/mol. The lowest BCUT2D eigenvalue weighted by molar-refractivity contribution is 0.931. The van der Waals surface area contributed by atoms with Crippen molar-refractivity contribution in [2.24, 2.45) is 0 Å². The number of anilines is 4. The third-order valence-electron chi connectivity index (χ3n) is 4.16. The molecule has 4 nitrogen and oxygen atoms in total.